The molecule has 3 aromatic rings. The van der Waals surface area contributed by atoms with Crippen molar-refractivity contribution in [1.29, 1.82) is 0 Å². The minimum Gasteiger partial charge on any atom is -0.376 e. The summed E-state index contributed by atoms with van der Waals surface area (Å²) in [4.78, 5) is 31.9. The normalized spacial score (nSPS) is 28.3. The number of fused-ring (bicyclic) bond motifs is 2. The number of nitrogens with zero attached hydrogens (tertiary/aromatic N) is 6. The zero-order chi connectivity index (χ0) is 27.2. The van der Waals surface area contributed by atoms with Gasteiger partial charge in [0.25, 0.3) is 0 Å². The number of ether oxygens (including phenoxy) is 1. The van der Waals surface area contributed by atoms with E-state index >= 15 is 0 Å². The minimum atomic E-state index is -0.620. The van der Waals surface area contributed by atoms with E-state index in [0.29, 0.717) is 29.3 Å². The van der Waals surface area contributed by atoms with Gasteiger partial charge in [0.15, 0.2) is 11.5 Å². The molecule has 2 saturated heterocycles. The molecule has 2 saturated carbocycles. The maximum Gasteiger partial charge on any atom is 0.439 e. The van der Waals surface area contributed by atoms with Crippen LogP contribution in [0.4, 0.5) is 11.8 Å². The Bertz CT molecular complexity index is 1380. The van der Waals surface area contributed by atoms with Crippen LogP contribution in [-0.4, -0.2) is 61.0 Å². The largest absolute Gasteiger partial charge is 0.439 e. The number of rotatable bonds is 7. The van der Waals surface area contributed by atoms with Gasteiger partial charge in [-0.25, -0.2) is 14.8 Å². The zero-order valence-electron chi connectivity index (χ0n) is 23.8. The maximum atomic E-state index is 11.8. The smallest absolute Gasteiger partial charge is 0.376 e. The quantitative estimate of drug-likeness (QED) is 0.429. The first-order chi connectivity index (χ1) is 19.5. The lowest BCUT2D eigenvalue weighted by atomic mass is 9.80. The molecule has 11 nitrogen and oxygen atoms in total. The van der Waals surface area contributed by atoms with E-state index in [1.54, 1.807) is 0 Å². The highest BCUT2D eigenvalue weighted by Crippen LogP contribution is 2.39. The average Bonchev–Trinajstić information content (AvgIpc) is 3.52. The first kappa shape index (κ1) is 26.0. The van der Waals surface area contributed by atoms with Gasteiger partial charge in [0, 0.05) is 25.7 Å². The fraction of sp³-hybridized carbons (Fsp3) is 0.759. The fourth-order valence-electron chi connectivity index (χ4n) is 7.33. The van der Waals surface area contributed by atoms with Gasteiger partial charge < -0.3 is 19.5 Å². The molecule has 4 fully saturated rings. The van der Waals surface area contributed by atoms with Gasteiger partial charge in [-0.3, -0.25) is 9.51 Å². The van der Waals surface area contributed by atoms with E-state index in [1.165, 1.54) is 44.9 Å². The summed E-state index contributed by atoms with van der Waals surface area (Å²) in [5.41, 5.74) is 1.59. The highest BCUT2D eigenvalue weighted by Gasteiger charge is 2.38. The number of imidazole rings is 1. The maximum absolute atomic E-state index is 11.8. The SMILES string of the molecule is CC1CCC(Cn2c(N3CCCC4OCCCC43)nc3nc(-c4noc(=O)[nH]4)nc(N[C@H](C)C4CCC4)c32)CC1. The molecule has 3 atom stereocenters. The summed E-state index contributed by atoms with van der Waals surface area (Å²) in [5, 5.41) is 7.65. The summed E-state index contributed by atoms with van der Waals surface area (Å²) in [6, 6.07) is 0.596. The molecule has 2 aliphatic carbocycles. The molecule has 2 unspecified atom stereocenters. The molecule has 216 valence electrons. The second-order valence-corrected chi connectivity index (χ2v) is 12.7. The molecule has 2 N–H and O–H groups in total. The second-order valence-electron chi connectivity index (χ2n) is 12.7. The summed E-state index contributed by atoms with van der Waals surface area (Å²) in [5.74, 6) is 3.69. The number of anilines is 2. The zero-order valence-corrected chi connectivity index (χ0v) is 23.8. The van der Waals surface area contributed by atoms with Gasteiger partial charge in [-0.05, 0) is 76.0 Å². The third-order valence-electron chi connectivity index (χ3n) is 9.98. The standard InChI is InChI=1S/C29H42N8O3/c1-17-10-12-19(13-11-17)16-37-23-24(30-18(2)20-6-3-7-20)31-26(27-34-29(38)40-35-27)32-25(23)33-28(37)36-14-4-9-22-21(36)8-5-15-39-22/h17-22H,3-16H2,1-2H3,(H,30,31,32)(H,34,35,38)/t17?,18-,19?,21?,22?/m1/s1. The molecule has 11 heteroatoms. The molecule has 5 heterocycles. The van der Waals surface area contributed by atoms with Crippen LogP contribution in [-0.2, 0) is 11.3 Å². The first-order valence-corrected chi connectivity index (χ1v) is 15.5. The summed E-state index contributed by atoms with van der Waals surface area (Å²) < 4.78 is 13.5. The number of aromatic nitrogens is 6. The first-order valence-electron chi connectivity index (χ1n) is 15.5. The topological polar surface area (TPSA) is 127 Å². The van der Waals surface area contributed by atoms with Crippen molar-refractivity contribution in [1.82, 2.24) is 29.7 Å². The molecule has 4 aliphatic rings. The van der Waals surface area contributed by atoms with Crippen molar-refractivity contribution in [3.05, 3.63) is 10.6 Å². The van der Waals surface area contributed by atoms with E-state index in [0.717, 1.165) is 68.6 Å². The van der Waals surface area contributed by atoms with Gasteiger partial charge in [0.05, 0.1) is 12.1 Å². The summed E-state index contributed by atoms with van der Waals surface area (Å²) >= 11 is 0. The fourth-order valence-corrected chi connectivity index (χ4v) is 7.33. The third-order valence-corrected chi connectivity index (χ3v) is 9.98. The lowest BCUT2D eigenvalue weighted by molar-refractivity contribution is -0.0158. The van der Waals surface area contributed by atoms with Gasteiger partial charge >= 0.3 is 5.76 Å². The monoisotopic (exact) mass is 550 g/mol. The molecular weight excluding hydrogens is 508 g/mol. The highest BCUT2D eigenvalue weighted by molar-refractivity contribution is 5.87. The van der Waals surface area contributed by atoms with Crippen LogP contribution in [0.2, 0.25) is 0 Å². The molecule has 2 aliphatic heterocycles. The van der Waals surface area contributed by atoms with Crippen molar-refractivity contribution < 1.29 is 9.26 Å². The van der Waals surface area contributed by atoms with E-state index in [1.807, 2.05) is 0 Å². The minimum absolute atomic E-state index is 0.224. The van der Waals surface area contributed by atoms with Gasteiger partial charge in [0.1, 0.15) is 5.52 Å². The molecule has 0 amide bonds. The Kier molecular flexibility index (Phi) is 7.01. The van der Waals surface area contributed by atoms with Crippen LogP contribution in [0.15, 0.2) is 9.32 Å². The summed E-state index contributed by atoms with van der Waals surface area (Å²) in [6.45, 7) is 7.34. The Morgan fingerprint density at radius 2 is 1.88 bits per heavy atom. The lowest BCUT2D eigenvalue weighted by Crippen LogP contribution is -2.52. The number of aromatic amines is 1. The second kappa shape index (κ2) is 10.8. The number of hydrogen-bond donors (Lipinski definition) is 2. The predicted molar refractivity (Wildman–Crippen MR) is 152 cm³/mol. The van der Waals surface area contributed by atoms with Crippen molar-refractivity contribution in [2.24, 2.45) is 17.8 Å². The Morgan fingerprint density at radius 3 is 2.62 bits per heavy atom. The number of nitrogens with one attached hydrogen (secondary N) is 2. The van der Waals surface area contributed by atoms with Crippen LogP contribution in [0.5, 0.6) is 0 Å². The molecule has 7 rings (SSSR count). The third kappa shape index (κ3) is 4.90. The molecule has 0 aromatic carbocycles. The van der Waals surface area contributed by atoms with E-state index in [4.69, 9.17) is 24.2 Å². The van der Waals surface area contributed by atoms with E-state index in [-0.39, 0.29) is 18.0 Å². The number of H-pyrrole nitrogens is 1. The Hall–Kier alpha value is -2.95. The molecule has 3 aromatic heterocycles. The Balaban J connectivity index is 1.36. The van der Waals surface area contributed by atoms with Crippen molar-refractivity contribution in [2.75, 3.05) is 23.4 Å². The van der Waals surface area contributed by atoms with Crippen LogP contribution in [0.3, 0.4) is 0 Å². The number of piperidine rings is 1. The van der Waals surface area contributed by atoms with Gasteiger partial charge in [-0.2, -0.15) is 4.98 Å². The van der Waals surface area contributed by atoms with Crippen molar-refractivity contribution in [3.8, 4) is 11.6 Å². The van der Waals surface area contributed by atoms with E-state index in [2.05, 4.69) is 38.8 Å². The van der Waals surface area contributed by atoms with Crippen molar-refractivity contribution in [2.45, 2.75) is 109 Å². The van der Waals surface area contributed by atoms with Crippen LogP contribution in [0.25, 0.3) is 22.8 Å². The van der Waals surface area contributed by atoms with E-state index in [9.17, 15) is 4.79 Å². The van der Waals surface area contributed by atoms with Gasteiger partial charge in [0.2, 0.25) is 17.6 Å². The van der Waals surface area contributed by atoms with Crippen LogP contribution in [0, 0.1) is 17.8 Å². The van der Waals surface area contributed by atoms with Gasteiger partial charge in [-0.15, -0.1) is 0 Å². The molecule has 40 heavy (non-hydrogen) atoms. The molecule has 0 spiro atoms. The van der Waals surface area contributed by atoms with Crippen molar-refractivity contribution >= 4 is 22.9 Å². The average molecular weight is 551 g/mol. The summed E-state index contributed by atoms with van der Waals surface area (Å²) in [6.07, 6.45) is 13.4. The van der Waals surface area contributed by atoms with E-state index < -0.39 is 5.76 Å². The molecule has 0 bridgehead atoms. The van der Waals surface area contributed by atoms with Crippen LogP contribution >= 0.6 is 0 Å². The van der Waals surface area contributed by atoms with Crippen molar-refractivity contribution in [3.63, 3.8) is 0 Å². The Labute approximate surface area is 234 Å². The lowest BCUT2D eigenvalue weighted by Gasteiger charge is -2.44. The molecular formula is C29H42N8O3. The Morgan fingerprint density at radius 1 is 1.02 bits per heavy atom. The van der Waals surface area contributed by atoms with Crippen LogP contribution in [0.1, 0.15) is 84.5 Å². The van der Waals surface area contributed by atoms with Gasteiger partial charge in [-0.1, -0.05) is 31.3 Å². The predicted octanol–water partition coefficient (Wildman–Crippen LogP) is 4.74. The molecule has 0 radical (unpaired) electrons. The number of hydrogen-bond acceptors (Lipinski definition) is 9. The van der Waals surface area contributed by atoms with Crippen LogP contribution < -0.4 is 16.0 Å². The summed E-state index contributed by atoms with van der Waals surface area (Å²) in [7, 11) is 0. The highest BCUT2D eigenvalue weighted by atomic mass is 16.5.